The van der Waals surface area contributed by atoms with Crippen molar-refractivity contribution in [1.29, 1.82) is 0 Å². The molecule has 3 heterocycles. The molecule has 1 saturated carbocycles. The summed E-state index contributed by atoms with van der Waals surface area (Å²) in [6, 6.07) is 9.66. The third-order valence-electron chi connectivity index (χ3n) is 5.71. The van der Waals surface area contributed by atoms with Gasteiger partial charge in [0.1, 0.15) is 5.69 Å². The zero-order chi connectivity index (χ0) is 22.7. The fourth-order valence-electron chi connectivity index (χ4n) is 4.00. The molecular weight excluding hydrogens is 408 g/mol. The molecule has 0 radical (unpaired) electrons. The van der Waals surface area contributed by atoms with E-state index >= 15 is 0 Å². The van der Waals surface area contributed by atoms with E-state index in [1.165, 1.54) is 16.8 Å². The molecule has 166 valence electrons. The van der Waals surface area contributed by atoms with Crippen LogP contribution in [0.5, 0.6) is 0 Å². The van der Waals surface area contributed by atoms with Gasteiger partial charge < -0.3 is 5.32 Å². The molecule has 0 atom stereocenters. The van der Waals surface area contributed by atoms with Crippen molar-refractivity contribution in [3.8, 4) is 11.3 Å². The van der Waals surface area contributed by atoms with Crippen LogP contribution in [0.2, 0.25) is 0 Å². The quantitative estimate of drug-likeness (QED) is 0.660. The Morgan fingerprint density at radius 2 is 1.75 bits per heavy atom. The molecule has 0 saturated heterocycles. The van der Waals surface area contributed by atoms with E-state index in [9.17, 15) is 14.4 Å². The van der Waals surface area contributed by atoms with Crippen molar-refractivity contribution in [2.45, 2.75) is 57.7 Å². The molecule has 1 amide bonds. The smallest absolute Gasteiger partial charge is 0.271 e. The molecule has 1 fully saturated rings. The van der Waals surface area contributed by atoms with Crippen molar-refractivity contribution >= 4 is 5.91 Å². The first-order valence-electron chi connectivity index (χ1n) is 10.8. The lowest BCUT2D eigenvalue weighted by Crippen LogP contribution is -2.40. The lowest BCUT2D eigenvalue weighted by atomic mass is 9.91. The molecule has 0 bridgehead atoms. The highest BCUT2D eigenvalue weighted by Gasteiger charge is 2.26. The topological polar surface area (TPSA) is 112 Å². The Labute approximate surface area is 185 Å². The number of nitrogens with zero attached hydrogens (tertiary/aromatic N) is 5. The van der Waals surface area contributed by atoms with Crippen molar-refractivity contribution in [1.82, 2.24) is 29.9 Å². The molecule has 0 aliphatic heterocycles. The number of hydrogen-bond acceptors (Lipinski definition) is 6. The van der Waals surface area contributed by atoms with Gasteiger partial charge in [0, 0.05) is 36.1 Å². The number of nitrogens with one attached hydrogen (secondary N) is 1. The summed E-state index contributed by atoms with van der Waals surface area (Å²) in [6.45, 7) is 3.69. The number of rotatable bonds is 5. The van der Waals surface area contributed by atoms with Crippen LogP contribution < -0.4 is 16.4 Å². The fourth-order valence-corrected chi connectivity index (χ4v) is 4.00. The van der Waals surface area contributed by atoms with Crippen LogP contribution in [0.4, 0.5) is 0 Å². The Balaban J connectivity index is 1.42. The predicted molar refractivity (Wildman–Crippen MR) is 119 cm³/mol. The lowest BCUT2D eigenvalue weighted by molar-refractivity contribution is 0.0913. The Kier molecular flexibility index (Phi) is 6.25. The minimum atomic E-state index is -0.295. The van der Waals surface area contributed by atoms with Gasteiger partial charge in [-0.1, -0.05) is 0 Å². The second kappa shape index (κ2) is 9.25. The van der Waals surface area contributed by atoms with Gasteiger partial charge in [-0.2, -0.15) is 10.2 Å². The van der Waals surface area contributed by atoms with Crippen LogP contribution in [-0.2, 0) is 0 Å². The molecule has 3 aromatic rings. The van der Waals surface area contributed by atoms with Crippen molar-refractivity contribution < 1.29 is 4.79 Å². The van der Waals surface area contributed by atoms with E-state index in [1.54, 1.807) is 29.2 Å². The van der Waals surface area contributed by atoms with Crippen LogP contribution in [-0.4, -0.2) is 36.5 Å². The summed E-state index contributed by atoms with van der Waals surface area (Å²) < 4.78 is 2.86. The highest BCUT2D eigenvalue weighted by molar-refractivity contribution is 5.92. The van der Waals surface area contributed by atoms with Crippen LogP contribution in [0.1, 0.15) is 62.1 Å². The number of carbonyl (C=O) groups excluding carboxylic acids is 1. The number of pyridine rings is 1. The van der Waals surface area contributed by atoms with Gasteiger partial charge in [0.05, 0.1) is 17.8 Å². The molecule has 1 N–H and O–H groups in total. The second-order valence-corrected chi connectivity index (χ2v) is 8.32. The zero-order valence-electron chi connectivity index (χ0n) is 18.1. The maximum atomic E-state index is 12.6. The predicted octanol–water partition coefficient (Wildman–Crippen LogP) is 2.36. The van der Waals surface area contributed by atoms with Crippen molar-refractivity contribution in [2.75, 3.05) is 0 Å². The Morgan fingerprint density at radius 3 is 2.44 bits per heavy atom. The summed E-state index contributed by atoms with van der Waals surface area (Å²) in [4.78, 5) is 41.1. The average Bonchev–Trinajstić information content (AvgIpc) is 2.80. The van der Waals surface area contributed by atoms with Gasteiger partial charge in [-0.05, 0) is 63.8 Å². The molecular formula is C23H26N6O3. The van der Waals surface area contributed by atoms with E-state index in [-0.39, 0.29) is 40.8 Å². The van der Waals surface area contributed by atoms with E-state index in [0.29, 0.717) is 5.69 Å². The first kappa shape index (κ1) is 21.6. The van der Waals surface area contributed by atoms with Gasteiger partial charge in [-0.15, -0.1) is 0 Å². The summed E-state index contributed by atoms with van der Waals surface area (Å²) in [5.74, 6) is -0.295. The monoisotopic (exact) mass is 434 g/mol. The fraction of sp³-hybridized carbons (Fsp3) is 0.391. The SMILES string of the molecule is CC(C)n1nc(C(=O)NC2CCC(n3nc(-c4cccnc4)ccc3=O)CC2)ccc1=O. The van der Waals surface area contributed by atoms with Crippen molar-refractivity contribution in [2.24, 2.45) is 0 Å². The molecule has 1 aliphatic carbocycles. The van der Waals surface area contributed by atoms with E-state index in [4.69, 9.17) is 0 Å². The van der Waals surface area contributed by atoms with Crippen molar-refractivity contribution in [3.63, 3.8) is 0 Å². The standard InChI is InChI=1S/C23H26N6O3/c1-15(2)28-21(30)12-10-20(27-28)23(32)25-17-5-7-18(8-6-17)29-22(31)11-9-19(26-29)16-4-3-13-24-14-16/h3-4,9-15,17-18H,5-8H2,1-2H3,(H,25,32). The number of aromatic nitrogens is 5. The van der Waals surface area contributed by atoms with Gasteiger partial charge in [0.15, 0.2) is 0 Å². The van der Waals surface area contributed by atoms with Crippen LogP contribution in [0.25, 0.3) is 11.3 Å². The van der Waals surface area contributed by atoms with Crippen molar-refractivity contribution in [3.05, 3.63) is 75.2 Å². The molecule has 9 heteroatoms. The summed E-state index contributed by atoms with van der Waals surface area (Å²) in [5.41, 5.74) is 1.42. The Bertz CT molecular complexity index is 1210. The molecule has 0 spiro atoms. The maximum absolute atomic E-state index is 12.6. The highest BCUT2D eigenvalue weighted by atomic mass is 16.2. The summed E-state index contributed by atoms with van der Waals surface area (Å²) in [7, 11) is 0. The number of carbonyl (C=O) groups is 1. The molecule has 1 aliphatic rings. The Morgan fingerprint density at radius 1 is 1.00 bits per heavy atom. The van der Waals surface area contributed by atoms with E-state index in [0.717, 1.165) is 31.2 Å². The first-order valence-corrected chi connectivity index (χ1v) is 10.8. The van der Waals surface area contributed by atoms with Gasteiger partial charge in [0.2, 0.25) is 0 Å². The van der Waals surface area contributed by atoms with Crippen LogP contribution >= 0.6 is 0 Å². The summed E-state index contributed by atoms with van der Waals surface area (Å²) >= 11 is 0. The molecule has 0 aromatic carbocycles. The van der Waals surface area contributed by atoms with Crippen LogP contribution in [0.3, 0.4) is 0 Å². The van der Waals surface area contributed by atoms with E-state index in [1.807, 2.05) is 26.0 Å². The average molecular weight is 435 g/mol. The highest BCUT2D eigenvalue weighted by Crippen LogP contribution is 2.27. The zero-order valence-corrected chi connectivity index (χ0v) is 18.1. The van der Waals surface area contributed by atoms with Gasteiger partial charge in [-0.3, -0.25) is 19.4 Å². The third kappa shape index (κ3) is 4.66. The van der Waals surface area contributed by atoms with E-state index < -0.39 is 0 Å². The number of amides is 1. The molecule has 0 unspecified atom stereocenters. The van der Waals surface area contributed by atoms with Crippen LogP contribution in [0, 0.1) is 0 Å². The third-order valence-corrected chi connectivity index (χ3v) is 5.71. The van der Waals surface area contributed by atoms with E-state index in [2.05, 4.69) is 20.5 Å². The lowest BCUT2D eigenvalue weighted by Gasteiger charge is -2.29. The summed E-state index contributed by atoms with van der Waals surface area (Å²) in [5, 5.41) is 11.8. The molecule has 32 heavy (non-hydrogen) atoms. The summed E-state index contributed by atoms with van der Waals surface area (Å²) in [6.07, 6.45) is 6.33. The minimum Gasteiger partial charge on any atom is -0.348 e. The second-order valence-electron chi connectivity index (χ2n) is 8.32. The molecule has 3 aromatic heterocycles. The molecule has 9 nitrogen and oxygen atoms in total. The first-order chi connectivity index (χ1) is 15.4. The Hall–Kier alpha value is -3.62. The normalized spacial score (nSPS) is 18.5. The van der Waals surface area contributed by atoms with Crippen LogP contribution in [0.15, 0.2) is 58.4 Å². The number of hydrogen-bond donors (Lipinski definition) is 1. The minimum absolute atomic E-state index is 0.0165. The molecule has 4 rings (SSSR count). The maximum Gasteiger partial charge on any atom is 0.271 e. The largest absolute Gasteiger partial charge is 0.348 e. The van der Waals surface area contributed by atoms with Gasteiger partial charge >= 0.3 is 0 Å². The van der Waals surface area contributed by atoms with Gasteiger partial charge in [-0.25, -0.2) is 9.36 Å². The van der Waals surface area contributed by atoms with Gasteiger partial charge in [0.25, 0.3) is 17.0 Å².